The molecule has 0 spiro atoms. The number of halogens is 2. The molecule has 0 radical (unpaired) electrons. The number of carbonyl (C=O) groups is 1. The van der Waals surface area contributed by atoms with E-state index >= 15 is 0 Å². The Balaban J connectivity index is 1.39. The third-order valence-electron chi connectivity index (χ3n) is 5.99. The molecule has 1 aliphatic heterocycles. The summed E-state index contributed by atoms with van der Waals surface area (Å²) in [6, 6.07) is 17.3. The van der Waals surface area contributed by atoms with Crippen LogP contribution in [0.3, 0.4) is 0 Å². The second-order valence-electron chi connectivity index (χ2n) is 8.70. The first kappa shape index (κ1) is 27.4. The van der Waals surface area contributed by atoms with Gasteiger partial charge in [-0.15, -0.1) is 0 Å². The van der Waals surface area contributed by atoms with Crippen LogP contribution in [0, 0.1) is 11.6 Å². The first-order valence-electron chi connectivity index (χ1n) is 12.4. The van der Waals surface area contributed by atoms with Crippen LogP contribution in [-0.2, 0) is 11.2 Å². The van der Waals surface area contributed by atoms with Crippen molar-refractivity contribution in [2.75, 3.05) is 56.6 Å². The summed E-state index contributed by atoms with van der Waals surface area (Å²) in [5.74, 6) is -1.01. The number of morpholine rings is 1. The molecule has 0 aromatic heterocycles. The quantitative estimate of drug-likeness (QED) is 0.328. The van der Waals surface area contributed by atoms with Crippen molar-refractivity contribution in [1.82, 2.24) is 10.2 Å². The van der Waals surface area contributed by atoms with Gasteiger partial charge in [0.05, 0.1) is 24.5 Å². The Morgan fingerprint density at radius 1 is 1.00 bits per heavy atom. The number of anilines is 2. The van der Waals surface area contributed by atoms with Crippen LogP contribution in [0.5, 0.6) is 5.75 Å². The van der Waals surface area contributed by atoms with Crippen LogP contribution in [0.25, 0.3) is 0 Å². The summed E-state index contributed by atoms with van der Waals surface area (Å²) in [5.41, 5.74) is 2.02. The van der Waals surface area contributed by atoms with Crippen molar-refractivity contribution in [1.29, 1.82) is 0 Å². The van der Waals surface area contributed by atoms with Gasteiger partial charge in [0.25, 0.3) is 5.91 Å². The van der Waals surface area contributed by atoms with Gasteiger partial charge in [0, 0.05) is 37.9 Å². The number of ether oxygens (including phenoxy) is 2. The van der Waals surface area contributed by atoms with Crippen molar-refractivity contribution in [3.8, 4) is 5.75 Å². The van der Waals surface area contributed by atoms with Crippen LogP contribution in [0.15, 0.2) is 66.7 Å². The molecule has 0 unspecified atom stereocenters. The van der Waals surface area contributed by atoms with E-state index in [2.05, 4.69) is 20.9 Å². The monoisotopic (exact) mass is 540 g/mol. The fourth-order valence-corrected chi connectivity index (χ4v) is 4.13. The van der Waals surface area contributed by atoms with E-state index in [1.165, 1.54) is 30.3 Å². The summed E-state index contributed by atoms with van der Waals surface area (Å²) in [5, 5.41) is 9.41. The molecule has 0 aliphatic carbocycles. The largest absolute Gasteiger partial charge is 0.490 e. The molecule has 3 N–H and O–H groups in total. The standard InChI is InChI=1S/C28H30F2N4O3S/c29-21-7-5-20(6-8-21)11-12-31-28(38)32-22-9-10-25(33-27(35)23-3-1-2-4-24(23)30)26(19-22)37-18-15-34-13-16-36-17-14-34/h1-10,19H,11-18H2,(H,33,35)(H2,31,32,38). The van der Waals surface area contributed by atoms with Crippen molar-refractivity contribution >= 4 is 34.6 Å². The number of hydrogen-bond donors (Lipinski definition) is 3. The maximum Gasteiger partial charge on any atom is 0.258 e. The molecule has 3 aromatic carbocycles. The zero-order chi connectivity index (χ0) is 26.7. The van der Waals surface area contributed by atoms with Crippen LogP contribution in [-0.4, -0.2) is 61.9 Å². The predicted octanol–water partition coefficient (Wildman–Crippen LogP) is 4.46. The molecule has 7 nitrogen and oxygen atoms in total. The molecule has 4 rings (SSSR count). The average Bonchev–Trinajstić information content (AvgIpc) is 2.92. The molecular formula is C28H30F2N4O3S. The van der Waals surface area contributed by atoms with E-state index in [9.17, 15) is 13.6 Å². The second kappa shape index (κ2) is 13.8. The lowest BCUT2D eigenvalue weighted by molar-refractivity contribution is 0.0323. The van der Waals surface area contributed by atoms with Crippen molar-refractivity contribution in [3.63, 3.8) is 0 Å². The van der Waals surface area contributed by atoms with E-state index in [0.717, 1.165) is 18.7 Å². The van der Waals surface area contributed by atoms with Crippen LogP contribution in [0.2, 0.25) is 0 Å². The molecule has 0 atom stereocenters. The first-order valence-corrected chi connectivity index (χ1v) is 12.8. The fourth-order valence-electron chi connectivity index (χ4n) is 3.91. The van der Waals surface area contributed by atoms with Gasteiger partial charge in [-0.2, -0.15) is 0 Å². The van der Waals surface area contributed by atoms with E-state index in [-0.39, 0.29) is 11.4 Å². The minimum atomic E-state index is -0.602. The van der Waals surface area contributed by atoms with Gasteiger partial charge in [0.15, 0.2) is 5.11 Å². The maximum absolute atomic E-state index is 14.1. The Kier molecular flexibility index (Phi) is 9.97. The summed E-state index contributed by atoms with van der Waals surface area (Å²) in [6.07, 6.45) is 0.680. The summed E-state index contributed by atoms with van der Waals surface area (Å²) in [4.78, 5) is 15.0. The SMILES string of the molecule is O=C(Nc1ccc(NC(=S)NCCc2ccc(F)cc2)cc1OCCN1CCOCC1)c1ccccc1F. The van der Waals surface area contributed by atoms with Crippen molar-refractivity contribution < 1.29 is 23.0 Å². The van der Waals surface area contributed by atoms with Crippen LogP contribution < -0.4 is 20.7 Å². The molecule has 1 saturated heterocycles. The van der Waals surface area contributed by atoms with Crippen molar-refractivity contribution in [3.05, 3.63) is 89.5 Å². The smallest absolute Gasteiger partial charge is 0.258 e. The molecule has 0 bridgehead atoms. The maximum atomic E-state index is 14.1. The lowest BCUT2D eigenvalue weighted by atomic mass is 10.1. The molecule has 1 heterocycles. The topological polar surface area (TPSA) is 74.9 Å². The number of benzene rings is 3. The van der Waals surface area contributed by atoms with E-state index in [1.54, 1.807) is 36.4 Å². The minimum absolute atomic E-state index is 0.0551. The number of amides is 1. The predicted molar refractivity (Wildman–Crippen MR) is 148 cm³/mol. The number of thiocarbonyl (C=S) groups is 1. The number of nitrogens with one attached hydrogen (secondary N) is 3. The van der Waals surface area contributed by atoms with E-state index < -0.39 is 11.7 Å². The van der Waals surface area contributed by atoms with Gasteiger partial charge in [-0.1, -0.05) is 24.3 Å². The van der Waals surface area contributed by atoms with Gasteiger partial charge in [0.2, 0.25) is 0 Å². The van der Waals surface area contributed by atoms with Crippen molar-refractivity contribution in [2.45, 2.75) is 6.42 Å². The molecule has 200 valence electrons. The van der Waals surface area contributed by atoms with Gasteiger partial charge in [-0.25, -0.2) is 8.78 Å². The highest BCUT2D eigenvalue weighted by molar-refractivity contribution is 7.80. The average molecular weight is 541 g/mol. The highest BCUT2D eigenvalue weighted by atomic mass is 32.1. The number of nitrogens with zero attached hydrogens (tertiary/aromatic N) is 1. The molecule has 1 fully saturated rings. The lowest BCUT2D eigenvalue weighted by Crippen LogP contribution is -2.38. The molecular weight excluding hydrogens is 510 g/mol. The van der Waals surface area contributed by atoms with Crippen molar-refractivity contribution in [2.24, 2.45) is 0 Å². The molecule has 10 heteroatoms. The van der Waals surface area contributed by atoms with Crippen LogP contribution >= 0.6 is 12.2 Å². The Labute approximate surface area is 226 Å². The van der Waals surface area contributed by atoms with Gasteiger partial charge in [-0.3, -0.25) is 9.69 Å². The molecule has 1 aliphatic rings. The fraction of sp³-hybridized carbons (Fsp3) is 0.286. The third kappa shape index (κ3) is 8.20. The summed E-state index contributed by atoms with van der Waals surface area (Å²) >= 11 is 5.42. The summed E-state index contributed by atoms with van der Waals surface area (Å²) in [7, 11) is 0. The minimum Gasteiger partial charge on any atom is -0.490 e. The lowest BCUT2D eigenvalue weighted by Gasteiger charge is -2.26. The second-order valence-corrected chi connectivity index (χ2v) is 9.11. The van der Waals surface area contributed by atoms with Gasteiger partial charge in [-0.05, 0) is 60.6 Å². The Morgan fingerprint density at radius 2 is 1.76 bits per heavy atom. The highest BCUT2D eigenvalue weighted by Gasteiger charge is 2.16. The van der Waals surface area contributed by atoms with E-state index in [0.29, 0.717) is 61.6 Å². The number of carbonyl (C=O) groups excluding carboxylic acids is 1. The normalized spacial score (nSPS) is 13.5. The zero-order valence-electron chi connectivity index (χ0n) is 20.8. The number of rotatable bonds is 10. The van der Waals surface area contributed by atoms with E-state index in [4.69, 9.17) is 21.7 Å². The summed E-state index contributed by atoms with van der Waals surface area (Å²) in [6.45, 7) is 4.71. The molecule has 38 heavy (non-hydrogen) atoms. The molecule has 0 saturated carbocycles. The van der Waals surface area contributed by atoms with E-state index in [1.807, 2.05) is 0 Å². The molecule has 1 amide bonds. The van der Waals surface area contributed by atoms with Gasteiger partial charge >= 0.3 is 0 Å². The zero-order valence-corrected chi connectivity index (χ0v) is 21.7. The Morgan fingerprint density at radius 3 is 2.53 bits per heavy atom. The van der Waals surface area contributed by atoms with Gasteiger partial charge in [0.1, 0.15) is 24.0 Å². The first-order chi connectivity index (χ1) is 18.5. The number of hydrogen-bond acceptors (Lipinski definition) is 5. The van der Waals surface area contributed by atoms with Crippen LogP contribution in [0.1, 0.15) is 15.9 Å². The van der Waals surface area contributed by atoms with Gasteiger partial charge < -0.3 is 25.4 Å². The Hall–Kier alpha value is -3.60. The highest BCUT2D eigenvalue weighted by Crippen LogP contribution is 2.29. The third-order valence-corrected chi connectivity index (χ3v) is 6.23. The molecule has 3 aromatic rings. The summed E-state index contributed by atoms with van der Waals surface area (Å²) < 4.78 is 38.7. The Bertz CT molecular complexity index is 1240. The van der Waals surface area contributed by atoms with Crippen LogP contribution in [0.4, 0.5) is 20.2 Å².